The van der Waals surface area contributed by atoms with Crippen LogP contribution in [0.5, 0.6) is 0 Å². The fourth-order valence-electron chi connectivity index (χ4n) is 1.71. The Morgan fingerprint density at radius 3 is 2.41 bits per heavy atom. The van der Waals surface area contributed by atoms with Crippen molar-refractivity contribution in [3.05, 3.63) is 34.9 Å². The van der Waals surface area contributed by atoms with Gasteiger partial charge in [-0.3, -0.25) is 20.4 Å². The first-order valence-electron chi connectivity index (χ1n) is 7.14. The Morgan fingerprint density at radius 2 is 1.77 bits per heavy atom. The molecule has 0 aliphatic rings. The summed E-state index contributed by atoms with van der Waals surface area (Å²) in [5, 5.41) is 3.19. The number of amides is 2. The maximum Gasteiger partial charge on any atom is 0.238 e. The number of nitrogens with one attached hydrogen (secondary N) is 3. The van der Waals surface area contributed by atoms with Crippen LogP contribution in [-0.2, 0) is 16.0 Å². The summed E-state index contributed by atoms with van der Waals surface area (Å²) in [6.45, 7) is 2.07. The van der Waals surface area contributed by atoms with Gasteiger partial charge in [0.25, 0.3) is 0 Å². The zero-order valence-corrected chi connectivity index (χ0v) is 14.0. The van der Waals surface area contributed by atoms with Gasteiger partial charge in [0.1, 0.15) is 0 Å². The maximum atomic E-state index is 11.8. The van der Waals surface area contributed by atoms with Gasteiger partial charge in [-0.1, -0.05) is 43.5 Å². The van der Waals surface area contributed by atoms with E-state index in [1.807, 2.05) is 0 Å². The van der Waals surface area contributed by atoms with E-state index in [0.29, 0.717) is 11.4 Å². The van der Waals surface area contributed by atoms with E-state index in [-0.39, 0.29) is 23.3 Å². The first-order chi connectivity index (χ1) is 10.5. The number of unbranched alkanes of at least 4 members (excludes halogenated alkanes) is 2. The SMILES string of the molecule is CCCCCC(=O)NNC(=S)NC(=O)Cc1ccc(Cl)cc1. The lowest BCUT2D eigenvalue weighted by atomic mass is 10.1. The Morgan fingerprint density at radius 1 is 1.09 bits per heavy atom. The molecule has 3 N–H and O–H groups in total. The topological polar surface area (TPSA) is 70.2 Å². The Kier molecular flexibility index (Phi) is 8.47. The molecule has 2 amide bonds. The second-order valence-corrected chi connectivity index (χ2v) is 5.66. The van der Waals surface area contributed by atoms with Gasteiger partial charge in [-0.2, -0.15) is 0 Å². The average molecular weight is 342 g/mol. The number of hydrazine groups is 1. The lowest BCUT2D eigenvalue weighted by Crippen LogP contribution is -2.48. The van der Waals surface area contributed by atoms with Crippen molar-refractivity contribution in [2.45, 2.75) is 39.0 Å². The summed E-state index contributed by atoms with van der Waals surface area (Å²) >= 11 is 10.7. The molecule has 0 aliphatic heterocycles. The van der Waals surface area contributed by atoms with Crippen molar-refractivity contribution in [2.75, 3.05) is 0 Å². The second-order valence-electron chi connectivity index (χ2n) is 4.81. The summed E-state index contributed by atoms with van der Waals surface area (Å²) in [6.07, 6.45) is 3.51. The summed E-state index contributed by atoms with van der Waals surface area (Å²) in [5.74, 6) is -0.414. The van der Waals surface area contributed by atoms with Gasteiger partial charge in [0, 0.05) is 11.4 Å². The van der Waals surface area contributed by atoms with Crippen LogP contribution in [0.3, 0.4) is 0 Å². The number of hydrogen-bond donors (Lipinski definition) is 3. The van der Waals surface area contributed by atoms with Gasteiger partial charge in [-0.15, -0.1) is 0 Å². The first-order valence-corrected chi connectivity index (χ1v) is 7.93. The van der Waals surface area contributed by atoms with Crippen molar-refractivity contribution in [1.82, 2.24) is 16.2 Å². The van der Waals surface area contributed by atoms with Crippen molar-refractivity contribution in [3.8, 4) is 0 Å². The smallest absolute Gasteiger partial charge is 0.238 e. The fourth-order valence-corrected chi connectivity index (χ4v) is 2.01. The van der Waals surface area contributed by atoms with Gasteiger partial charge in [-0.25, -0.2) is 0 Å². The molecule has 0 saturated carbocycles. The highest BCUT2D eigenvalue weighted by atomic mass is 35.5. The third-order valence-corrected chi connectivity index (χ3v) is 3.31. The molecule has 1 rings (SSSR count). The molecule has 120 valence electrons. The lowest BCUT2D eigenvalue weighted by Gasteiger charge is -2.10. The zero-order chi connectivity index (χ0) is 16.4. The van der Waals surface area contributed by atoms with Gasteiger partial charge in [-0.05, 0) is 36.3 Å². The normalized spacial score (nSPS) is 9.91. The maximum absolute atomic E-state index is 11.8. The standard InChI is InChI=1S/C15H20ClN3O2S/c1-2-3-4-5-13(20)18-19-15(22)17-14(21)10-11-6-8-12(16)9-7-11/h6-9H,2-5,10H2,1H3,(H,18,20)(H2,17,19,21,22). The van der Waals surface area contributed by atoms with Crippen molar-refractivity contribution < 1.29 is 9.59 Å². The minimum atomic E-state index is -0.264. The Bertz CT molecular complexity index is 520. The minimum absolute atomic E-state index is 0.0720. The predicted molar refractivity (Wildman–Crippen MR) is 91.3 cm³/mol. The minimum Gasteiger partial charge on any atom is -0.302 e. The van der Waals surface area contributed by atoms with Crippen molar-refractivity contribution in [1.29, 1.82) is 0 Å². The third kappa shape index (κ3) is 7.95. The molecule has 0 atom stereocenters. The van der Waals surface area contributed by atoms with E-state index in [1.54, 1.807) is 24.3 Å². The molecular weight excluding hydrogens is 322 g/mol. The first kappa shape index (κ1) is 18.4. The van der Waals surface area contributed by atoms with E-state index in [4.69, 9.17) is 23.8 Å². The molecule has 0 heterocycles. The van der Waals surface area contributed by atoms with Gasteiger partial charge in [0.05, 0.1) is 6.42 Å². The molecule has 0 spiro atoms. The van der Waals surface area contributed by atoms with Gasteiger partial charge >= 0.3 is 0 Å². The highest BCUT2D eigenvalue weighted by Gasteiger charge is 2.07. The van der Waals surface area contributed by atoms with Crippen LogP contribution in [0.4, 0.5) is 0 Å². The van der Waals surface area contributed by atoms with Gasteiger partial charge in [0.15, 0.2) is 5.11 Å². The molecule has 5 nitrogen and oxygen atoms in total. The van der Waals surface area contributed by atoms with Crippen molar-refractivity contribution in [3.63, 3.8) is 0 Å². The number of benzene rings is 1. The van der Waals surface area contributed by atoms with E-state index in [0.717, 1.165) is 24.8 Å². The van der Waals surface area contributed by atoms with E-state index in [9.17, 15) is 9.59 Å². The summed E-state index contributed by atoms with van der Waals surface area (Å²) in [5.41, 5.74) is 5.80. The second kappa shape index (κ2) is 10.1. The predicted octanol–water partition coefficient (Wildman–Crippen LogP) is 2.48. The molecule has 0 radical (unpaired) electrons. The molecular formula is C15H20ClN3O2S. The quantitative estimate of drug-likeness (QED) is 0.422. The van der Waals surface area contributed by atoms with Crippen LogP contribution in [0.15, 0.2) is 24.3 Å². The molecule has 0 aliphatic carbocycles. The fraction of sp³-hybridized carbons (Fsp3) is 0.400. The third-order valence-electron chi connectivity index (χ3n) is 2.85. The van der Waals surface area contributed by atoms with Crippen LogP contribution in [-0.4, -0.2) is 16.9 Å². The molecule has 0 saturated heterocycles. The van der Waals surface area contributed by atoms with Crippen molar-refractivity contribution >= 4 is 40.7 Å². The molecule has 1 aromatic rings. The largest absolute Gasteiger partial charge is 0.302 e. The van der Waals surface area contributed by atoms with E-state index in [1.165, 1.54) is 0 Å². The van der Waals surface area contributed by atoms with Gasteiger partial charge in [0.2, 0.25) is 11.8 Å². The summed E-state index contributed by atoms with van der Waals surface area (Å²) in [4.78, 5) is 23.3. The van der Waals surface area contributed by atoms with Crippen LogP contribution >= 0.6 is 23.8 Å². The van der Waals surface area contributed by atoms with E-state index >= 15 is 0 Å². The molecule has 0 aromatic heterocycles. The molecule has 1 aromatic carbocycles. The van der Waals surface area contributed by atoms with Crippen LogP contribution in [0.25, 0.3) is 0 Å². The van der Waals surface area contributed by atoms with Crippen molar-refractivity contribution in [2.24, 2.45) is 0 Å². The highest BCUT2D eigenvalue weighted by Crippen LogP contribution is 2.09. The van der Waals surface area contributed by atoms with E-state index in [2.05, 4.69) is 23.1 Å². The zero-order valence-electron chi connectivity index (χ0n) is 12.4. The number of hydrogen-bond acceptors (Lipinski definition) is 3. The molecule has 0 fully saturated rings. The highest BCUT2D eigenvalue weighted by molar-refractivity contribution is 7.80. The molecule has 0 unspecified atom stereocenters. The summed E-state index contributed by atoms with van der Waals surface area (Å²) in [7, 11) is 0. The average Bonchev–Trinajstić information content (AvgIpc) is 2.48. The lowest BCUT2D eigenvalue weighted by molar-refractivity contribution is -0.122. The molecule has 22 heavy (non-hydrogen) atoms. The number of halogens is 1. The Labute approximate surface area is 140 Å². The Hall–Kier alpha value is -1.66. The van der Waals surface area contributed by atoms with Crippen LogP contribution in [0.2, 0.25) is 5.02 Å². The monoisotopic (exact) mass is 341 g/mol. The van der Waals surface area contributed by atoms with Crippen LogP contribution in [0.1, 0.15) is 38.2 Å². The number of rotatable bonds is 6. The van der Waals surface area contributed by atoms with E-state index < -0.39 is 0 Å². The number of carbonyl (C=O) groups excluding carboxylic acids is 2. The number of carbonyl (C=O) groups is 2. The Balaban J connectivity index is 2.25. The summed E-state index contributed by atoms with van der Waals surface area (Å²) in [6, 6.07) is 6.98. The summed E-state index contributed by atoms with van der Waals surface area (Å²) < 4.78 is 0. The molecule has 7 heteroatoms. The van der Waals surface area contributed by atoms with Crippen LogP contribution in [0, 0.1) is 0 Å². The molecule has 0 bridgehead atoms. The van der Waals surface area contributed by atoms with Crippen LogP contribution < -0.4 is 16.2 Å². The van der Waals surface area contributed by atoms with Gasteiger partial charge < -0.3 is 5.32 Å². The number of thiocarbonyl (C=S) groups is 1.